The molecule has 2 aromatic rings. The zero-order chi connectivity index (χ0) is 16.4. The van der Waals surface area contributed by atoms with E-state index in [0.717, 1.165) is 17.3 Å². The number of H-pyrrole nitrogens is 1. The van der Waals surface area contributed by atoms with Crippen molar-refractivity contribution in [2.45, 2.75) is 32.4 Å². The van der Waals surface area contributed by atoms with Crippen LogP contribution in [0.5, 0.6) is 0 Å². The molecule has 2 atom stereocenters. The predicted octanol–water partition coefficient (Wildman–Crippen LogP) is 2.60. The monoisotopic (exact) mass is 331 g/mol. The topological polar surface area (TPSA) is 65.2 Å². The van der Waals surface area contributed by atoms with Gasteiger partial charge in [0.25, 0.3) is 5.91 Å². The Labute approximate surface area is 139 Å². The fourth-order valence-corrected chi connectivity index (χ4v) is 3.86. The van der Waals surface area contributed by atoms with Gasteiger partial charge in [-0.3, -0.25) is 9.59 Å². The zero-order valence-corrected chi connectivity index (χ0v) is 14.2. The summed E-state index contributed by atoms with van der Waals surface area (Å²) in [5.74, 6) is 1.06. The third kappa shape index (κ3) is 3.08. The first-order chi connectivity index (χ1) is 11.1. The van der Waals surface area contributed by atoms with Gasteiger partial charge in [-0.05, 0) is 19.4 Å². The van der Waals surface area contributed by atoms with Gasteiger partial charge >= 0.3 is 0 Å². The Hall–Kier alpha value is -1.95. The number of nitrogens with one attached hydrogen (secondary N) is 2. The number of thioether (sulfide) groups is 1. The van der Waals surface area contributed by atoms with Crippen LogP contribution in [0, 0.1) is 0 Å². The van der Waals surface area contributed by atoms with Crippen molar-refractivity contribution in [3.8, 4) is 0 Å². The summed E-state index contributed by atoms with van der Waals surface area (Å²) in [5, 5.41) is 3.88. The van der Waals surface area contributed by atoms with Crippen LogP contribution in [-0.2, 0) is 4.79 Å². The highest BCUT2D eigenvalue weighted by molar-refractivity contribution is 7.99. The van der Waals surface area contributed by atoms with Crippen LogP contribution in [-0.4, -0.2) is 45.4 Å². The number of aromatic amines is 1. The summed E-state index contributed by atoms with van der Waals surface area (Å²) >= 11 is 1.62. The summed E-state index contributed by atoms with van der Waals surface area (Å²) in [6.07, 6.45) is 2.61. The second-order valence-corrected chi connectivity index (χ2v) is 6.86. The highest BCUT2D eigenvalue weighted by atomic mass is 32.2. The summed E-state index contributed by atoms with van der Waals surface area (Å²) in [7, 11) is 0. The molecule has 1 aliphatic heterocycles. The van der Waals surface area contributed by atoms with E-state index in [2.05, 4.69) is 10.3 Å². The minimum Gasteiger partial charge on any atom is -0.360 e. The van der Waals surface area contributed by atoms with Gasteiger partial charge in [-0.15, -0.1) is 11.8 Å². The second kappa shape index (κ2) is 6.66. The van der Waals surface area contributed by atoms with Gasteiger partial charge in [0.1, 0.15) is 6.04 Å². The molecule has 1 aromatic heterocycles. The van der Waals surface area contributed by atoms with E-state index in [1.54, 1.807) is 22.9 Å². The molecule has 1 fully saturated rings. The standard InChI is InChI=1S/C17H21N3O2S/c1-3-11(2)19-16(21)15-9-23-10-20(15)17(22)13-8-18-14-7-5-4-6-12(13)14/h4-8,11,15,18H,3,9-10H2,1-2H3,(H,19,21)/t11-,15+/m1/s1. The number of fused-ring (bicyclic) bond motifs is 1. The molecular weight excluding hydrogens is 310 g/mol. The molecule has 122 valence electrons. The highest BCUT2D eigenvalue weighted by Crippen LogP contribution is 2.26. The third-order valence-electron chi connectivity index (χ3n) is 4.27. The van der Waals surface area contributed by atoms with E-state index in [1.165, 1.54) is 0 Å². The van der Waals surface area contributed by atoms with Crippen LogP contribution in [0.1, 0.15) is 30.6 Å². The molecule has 1 aromatic carbocycles. The lowest BCUT2D eigenvalue weighted by atomic mass is 10.1. The predicted molar refractivity (Wildman–Crippen MR) is 93.5 cm³/mol. The number of carbonyl (C=O) groups is 2. The van der Waals surface area contributed by atoms with Gasteiger partial charge in [-0.25, -0.2) is 0 Å². The van der Waals surface area contributed by atoms with Gasteiger partial charge in [0.05, 0.1) is 11.4 Å². The first kappa shape index (κ1) is 15.9. The van der Waals surface area contributed by atoms with Crippen molar-refractivity contribution in [2.75, 3.05) is 11.6 Å². The Morgan fingerprint density at radius 2 is 2.22 bits per heavy atom. The van der Waals surface area contributed by atoms with E-state index < -0.39 is 6.04 Å². The quantitative estimate of drug-likeness (QED) is 0.905. The first-order valence-corrected chi connectivity index (χ1v) is 9.02. The second-order valence-electron chi connectivity index (χ2n) is 5.86. The number of para-hydroxylation sites is 1. The average Bonchev–Trinajstić information content (AvgIpc) is 3.21. The number of benzene rings is 1. The maximum absolute atomic E-state index is 12.9. The van der Waals surface area contributed by atoms with E-state index in [4.69, 9.17) is 0 Å². The van der Waals surface area contributed by atoms with E-state index in [9.17, 15) is 9.59 Å². The van der Waals surface area contributed by atoms with Gasteiger partial charge < -0.3 is 15.2 Å². The van der Waals surface area contributed by atoms with Gasteiger partial charge in [0.2, 0.25) is 5.91 Å². The van der Waals surface area contributed by atoms with Gasteiger partial charge in [0, 0.05) is 28.9 Å². The summed E-state index contributed by atoms with van der Waals surface area (Å²) in [5.41, 5.74) is 1.56. The Kier molecular flexibility index (Phi) is 4.61. The van der Waals surface area contributed by atoms with E-state index >= 15 is 0 Å². The van der Waals surface area contributed by atoms with Crippen molar-refractivity contribution in [1.29, 1.82) is 0 Å². The number of aromatic nitrogens is 1. The van der Waals surface area contributed by atoms with E-state index in [0.29, 0.717) is 17.2 Å². The molecule has 5 nitrogen and oxygen atoms in total. The molecule has 0 bridgehead atoms. The van der Waals surface area contributed by atoms with Crippen LogP contribution in [0.2, 0.25) is 0 Å². The van der Waals surface area contributed by atoms with Crippen molar-refractivity contribution in [1.82, 2.24) is 15.2 Å². The largest absolute Gasteiger partial charge is 0.360 e. The summed E-state index contributed by atoms with van der Waals surface area (Å²) in [6.45, 7) is 4.01. The Bertz CT molecular complexity index is 727. The fourth-order valence-electron chi connectivity index (χ4n) is 2.70. The molecule has 23 heavy (non-hydrogen) atoms. The van der Waals surface area contributed by atoms with Crippen LogP contribution in [0.25, 0.3) is 10.9 Å². The number of hydrogen-bond donors (Lipinski definition) is 2. The van der Waals surface area contributed by atoms with Crippen LogP contribution < -0.4 is 5.32 Å². The number of rotatable bonds is 4. The van der Waals surface area contributed by atoms with Gasteiger partial charge in [-0.1, -0.05) is 25.1 Å². The van der Waals surface area contributed by atoms with Crippen molar-refractivity contribution in [3.05, 3.63) is 36.0 Å². The van der Waals surface area contributed by atoms with E-state index in [1.807, 2.05) is 38.1 Å². The minimum atomic E-state index is -0.393. The molecule has 0 unspecified atom stereocenters. The van der Waals surface area contributed by atoms with Crippen molar-refractivity contribution in [3.63, 3.8) is 0 Å². The van der Waals surface area contributed by atoms with Crippen LogP contribution in [0.15, 0.2) is 30.5 Å². The maximum atomic E-state index is 12.9. The summed E-state index contributed by atoms with van der Waals surface area (Å²) in [4.78, 5) is 30.1. The number of nitrogens with zero attached hydrogens (tertiary/aromatic N) is 1. The molecule has 1 saturated heterocycles. The normalized spacial score (nSPS) is 19.0. The summed E-state index contributed by atoms with van der Waals surface area (Å²) in [6, 6.07) is 7.45. The lowest BCUT2D eigenvalue weighted by Gasteiger charge is -2.24. The Balaban J connectivity index is 1.82. The molecule has 0 spiro atoms. The average molecular weight is 331 g/mol. The number of hydrogen-bond acceptors (Lipinski definition) is 3. The number of carbonyl (C=O) groups excluding carboxylic acids is 2. The fraction of sp³-hybridized carbons (Fsp3) is 0.412. The van der Waals surface area contributed by atoms with Crippen LogP contribution in [0.4, 0.5) is 0 Å². The maximum Gasteiger partial charge on any atom is 0.257 e. The molecule has 0 aliphatic carbocycles. The lowest BCUT2D eigenvalue weighted by molar-refractivity contribution is -0.125. The van der Waals surface area contributed by atoms with Crippen molar-refractivity contribution in [2.24, 2.45) is 0 Å². The molecule has 2 amide bonds. The highest BCUT2D eigenvalue weighted by Gasteiger charge is 2.36. The molecule has 6 heteroatoms. The zero-order valence-electron chi connectivity index (χ0n) is 13.3. The minimum absolute atomic E-state index is 0.0578. The molecule has 3 rings (SSSR count). The smallest absolute Gasteiger partial charge is 0.257 e. The Morgan fingerprint density at radius 1 is 1.43 bits per heavy atom. The summed E-state index contributed by atoms with van der Waals surface area (Å²) < 4.78 is 0. The number of amides is 2. The van der Waals surface area contributed by atoms with Crippen molar-refractivity contribution >= 4 is 34.5 Å². The molecule has 1 aliphatic rings. The molecule has 2 heterocycles. The van der Waals surface area contributed by atoms with Gasteiger partial charge in [-0.2, -0.15) is 0 Å². The third-order valence-corrected chi connectivity index (χ3v) is 5.28. The molecule has 0 saturated carbocycles. The molecule has 0 radical (unpaired) electrons. The molecular formula is C17H21N3O2S. The van der Waals surface area contributed by atoms with Crippen molar-refractivity contribution < 1.29 is 9.59 Å². The van der Waals surface area contributed by atoms with Crippen LogP contribution in [0.3, 0.4) is 0 Å². The Morgan fingerprint density at radius 3 is 3.00 bits per heavy atom. The van der Waals surface area contributed by atoms with Gasteiger partial charge in [0.15, 0.2) is 0 Å². The SMILES string of the molecule is CC[C@@H](C)NC(=O)[C@@H]1CSCN1C(=O)c1c[nH]c2ccccc12. The molecule has 2 N–H and O–H groups in total. The first-order valence-electron chi connectivity index (χ1n) is 7.87. The van der Waals surface area contributed by atoms with Crippen LogP contribution >= 0.6 is 11.8 Å². The van der Waals surface area contributed by atoms with E-state index in [-0.39, 0.29) is 17.9 Å². The lowest BCUT2D eigenvalue weighted by Crippen LogP contribution is -2.49.